The number of nitrogens with zero attached hydrogens (tertiary/aromatic N) is 1. The first-order chi connectivity index (χ1) is 16.2. The normalized spacial score (nSPS) is 17.0. The maximum absolute atomic E-state index is 13.3. The Balaban J connectivity index is 0. The second-order valence-electron chi connectivity index (χ2n) is 7.52. The number of alkyl halides is 17. The highest BCUT2D eigenvalue weighted by molar-refractivity contribution is 7.87. The average molecular weight is 629 g/mol. The second kappa shape index (κ2) is 10.9. The lowest BCUT2D eigenvalue weighted by molar-refractivity contribution is -0.921. The Labute approximate surface area is 204 Å². The molecule has 0 aliphatic heterocycles. The largest absolute Gasteiger partial charge is 0.745 e. The van der Waals surface area contributed by atoms with Crippen LogP contribution in [0, 0.1) is 0 Å². The van der Waals surface area contributed by atoms with E-state index in [1.165, 1.54) is 30.7 Å². The summed E-state index contributed by atoms with van der Waals surface area (Å²) < 4.78 is 246. The molecule has 232 valence electrons. The summed E-state index contributed by atoms with van der Waals surface area (Å²) in [7, 11) is -8.59. The van der Waals surface area contributed by atoms with E-state index in [-0.39, 0.29) is 0 Å². The van der Waals surface area contributed by atoms with Crippen molar-refractivity contribution in [3.8, 4) is 0 Å². The van der Waals surface area contributed by atoms with E-state index in [4.69, 9.17) is 0 Å². The molecule has 0 heterocycles. The predicted molar refractivity (Wildman–Crippen MR) is 92.8 cm³/mol. The van der Waals surface area contributed by atoms with E-state index < -0.39 is 57.1 Å². The first-order valence-corrected chi connectivity index (χ1v) is 11.2. The summed E-state index contributed by atoms with van der Waals surface area (Å²) >= 11 is 0. The van der Waals surface area contributed by atoms with E-state index in [9.17, 15) is 87.6 Å². The molecule has 4 nitrogen and oxygen atoms in total. The van der Waals surface area contributed by atoms with Gasteiger partial charge in [-0.1, -0.05) is 0 Å². The average Bonchev–Trinajstić information content (AvgIpc) is 2.72. The van der Waals surface area contributed by atoms with Gasteiger partial charge in [-0.05, 0) is 27.7 Å². The lowest BCUT2D eigenvalue weighted by Crippen LogP contribution is -2.76. The molecule has 0 aliphatic rings. The third-order valence-electron chi connectivity index (χ3n) is 5.73. The fourth-order valence-corrected chi connectivity index (χ4v) is 3.52. The first kappa shape index (κ1) is 38.8. The van der Waals surface area contributed by atoms with Crippen LogP contribution >= 0.6 is 0 Å². The third-order valence-corrected chi connectivity index (χ3v) is 6.91. The molecule has 1 atom stereocenters. The van der Waals surface area contributed by atoms with E-state index in [1.54, 1.807) is 0 Å². The Hall–Kier alpha value is -1.32. The van der Waals surface area contributed by atoms with Crippen molar-refractivity contribution >= 4 is 10.1 Å². The Kier molecular flexibility index (Phi) is 11.2. The van der Waals surface area contributed by atoms with Gasteiger partial charge in [-0.25, -0.2) is 12.8 Å². The van der Waals surface area contributed by atoms with Crippen molar-refractivity contribution in [1.29, 1.82) is 0 Å². The van der Waals surface area contributed by atoms with E-state index in [0.717, 1.165) is 0 Å². The van der Waals surface area contributed by atoms with Crippen molar-refractivity contribution < 1.29 is 92.1 Å². The van der Waals surface area contributed by atoms with Crippen molar-refractivity contribution in [3.05, 3.63) is 0 Å². The zero-order chi connectivity index (χ0) is 31.8. The van der Waals surface area contributed by atoms with Crippen LogP contribution in [0.15, 0.2) is 0 Å². The fraction of sp³-hybridized carbons (Fsp3) is 1.00. The lowest BCUT2D eigenvalue weighted by Gasteiger charge is -2.44. The van der Waals surface area contributed by atoms with Crippen LogP contribution in [-0.4, -0.2) is 90.6 Å². The van der Waals surface area contributed by atoms with Crippen molar-refractivity contribution in [2.45, 2.75) is 74.7 Å². The highest BCUT2D eigenvalue weighted by atomic mass is 32.2. The quantitative estimate of drug-likeness (QED) is 0.160. The van der Waals surface area contributed by atoms with E-state index in [0.29, 0.717) is 0 Å². The molecule has 38 heavy (non-hydrogen) atoms. The standard InChI is InChI=1S/C8HF17O3S.C8H20N/c9-1(10,3(13,14)5(17,18)7(20,21)22)2(11,12)4(15,16)6(19,8(23,24)25)29(26,27)28;1-5-9(6-2,7-3)8-4/h(H,26,27,28);5-8H2,1-4H3/q;+1/p-1. The summed E-state index contributed by atoms with van der Waals surface area (Å²) in [4.78, 5) is 0. The van der Waals surface area contributed by atoms with Crippen molar-refractivity contribution in [1.82, 2.24) is 0 Å². The van der Waals surface area contributed by atoms with Crippen LogP contribution < -0.4 is 0 Å². The summed E-state index contributed by atoms with van der Waals surface area (Å²) in [6, 6.07) is 0. The van der Waals surface area contributed by atoms with Crippen LogP contribution in [0.25, 0.3) is 0 Å². The van der Waals surface area contributed by atoms with Crippen LogP contribution in [0.3, 0.4) is 0 Å². The van der Waals surface area contributed by atoms with Gasteiger partial charge in [-0.15, -0.1) is 0 Å². The summed E-state index contributed by atoms with van der Waals surface area (Å²) in [6.07, 6.45) is -16.0. The zero-order valence-corrected chi connectivity index (χ0v) is 20.2. The third kappa shape index (κ3) is 5.75. The molecule has 1 unspecified atom stereocenters. The Morgan fingerprint density at radius 3 is 0.868 bits per heavy atom. The molecule has 0 aromatic rings. The minimum absolute atomic E-state index is 1.28. The Morgan fingerprint density at radius 2 is 0.711 bits per heavy atom. The van der Waals surface area contributed by atoms with Crippen LogP contribution in [0.2, 0.25) is 0 Å². The number of hydrogen-bond donors (Lipinski definition) is 0. The topological polar surface area (TPSA) is 57.2 Å². The molecule has 0 aromatic heterocycles. The van der Waals surface area contributed by atoms with Gasteiger partial charge in [0.25, 0.3) is 0 Å². The van der Waals surface area contributed by atoms with Crippen LogP contribution in [0.1, 0.15) is 27.7 Å². The van der Waals surface area contributed by atoms with Gasteiger partial charge in [0.2, 0.25) is 0 Å². The smallest absolute Gasteiger partial charge is 0.460 e. The molecule has 0 rings (SSSR count). The highest BCUT2D eigenvalue weighted by Gasteiger charge is 2.96. The van der Waals surface area contributed by atoms with Crippen molar-refractivity contribution in [2.24, 2.45) is 0 Å². The number of quaternary nitrogens is 1. The molecule has 0 aliphatic carbocycles. The number of hydrogen-bond acceptors (Lipinski definition) is 3. The Morgan fingerprint density at radius 1 is 0.474 bits per heavy atom. The van der Waals surface area contributed by atoms with Gasteiger partial charge in [0, 0.05) is 0 Å². The summed E-state index contributed by atoms with van der Waals surface area (Å²) in [6.45, 7) is 14.2. The van der Waals surface area contributed by atoms with Crippen molar-refractivity contribution in [3.63, 3.8) is 0 Å². The zero-order valence-electron chi connectivity index (χ0n) is 19.3. The molecule has 0 radical (unpaired) electrons. The number of halogens is 17. The summed E-state index contributed by atoms with van der Waals surface area (Å²) in [5.41, 5.74) is 0. The lowest BCUT2D eigenvalue weighted by atomic mass is 9.91. The van der Waals surface area contributed by atoms with Gasteiger partial charge >= 0.3 is 47.0 Å². The van der Waals surface area contributed by atoms with Gasteiger partial charge in [-0.3, -0.25) is 0 Å². The predicted octanol–water partition coefficient (Wildman–Crippen LogP) is 6.38. The highest BCUT2D eigenvalue weighted by Crippen LogP contribution is 2.64. The van der Waals surface area contributed by atoms with Crippen molar-refractivity contribution in [2.75, 3.05) is 26.2 Å². The maximum Gasteiger partial charge on any atom is 0.460 e. The molecule has 0 saturated heterocycles. The monoisotopic (exact) mass is 629 g/mol. The van der Waals surface area contributed by atoms with Gasteiger partial charge < -0.3 is 9.04 Å². The van der Waals surface area contributed by atoms with E-state index in [1.807, 2.05) is 0 Å². The molecule has 0 spiro atoms. The van der Waals surface area contributed by atoms with Crippen LogP contribution in [-0.2, 0) is 10.1 Å². The molecule has 22 heteroatoms. The summed E-state index contributed by atoms with van der Waals surface area (Å²) in [5, 5.41) is -8.37. The molecular weight excluding hydrogens is 609 g/mol. The summed E-state index contributed by atoms with van der Waals surface area (Å²) in [5.74, 6) is -43.8. The minimum Gasteiger partial charge on any atom is -0.745 e. The SMILES string of the molecule is CC[N+](CC)(CC)CC.O=S(=O)([O-])C(F)(C(F)(F)F)C(F)(F)C(F)(F)C(F)(F)C(F)(F)C(F)(F)C(F)(F)F. The van der Waals surface area contributed by atoms with Gasteiger partial charge in [0.15, 0.2) is 0 Å². The maximum atomic E-state index is 13.3. The number of rotatable bonds is 10. The Bertz CT molecular complexity index is 876. The first-order valence-electron chi connectivity index (χ1n) is 9.76. The molecular formula is C16H20F17NO3S. The molecule has 0 N–H and O–H groups in total. The van der Waals surface area contributed by atoms with Gasteiger partial charge in [-0.2, -0.15) is 70.2 Å². The van der Waals surface area contributed by atoms with Gasteiger partial charge in [0.1, 0.15) is 10.1 Å². The van der Waals surface area contributed by atoms with Gasteiger partial charge in [0.05, 0.1) is 26.2 Å². The van der Waals surface area contributed by atoms with E-state index in [2.05, 4.69) is 27.7 Å². The molecule has 0 aromatic carbocycles. The molecule has 0 saturated carbocycles. The molecule has 0 bridgehead atoms. The fourth-order valence-electron chi connectivity index (χ4n) is 2.79. The van der Waals surface area contributed by atoms with Crippen LogP contribution in [0.4, 0.5) is 74.6 Å². The molecule has 0 amide bonds. The second-order valence-corrected chi connectivity index (χ2v) is 8.99. The van der Waals surface area contributed by atoms with E-state index >= 15 is 0 Å². The minimum atomic E-state index is -8.97. The van der Waals surface area contributed by atoms with Crippen LogP contribution in [0.5, 0.6) is 0 Å². The molecule has 0 fully saturated rings.